The summed E-state index contributed by atoms with van der Waals surface area (Å²) in [6.07, 6.45) is 3.92. The fourth-order valence-corrected chi connectivity index (χ4v) is 4.02. The molecule has 0 saturated carbocycles. The summed E-state index contributed by atoms with van der Waals surface area (Å²) in [5.74, 6) is 0.00105. The van der Waals surface area contributed by atoms with Crippen molar-refractivity contribution < 1.29 is 23.5 Å². The summed E-state index contributed by atoms with van der Waals surface area (Å²) in [6.45, 7) is 3.65. The molecule has 172 valence electrons. The molecule has 1 aromatic heterocycles. The molecular weight excluding hydrogens is 417 g/mol. The lowest BCUT2D eigenvalue weighted by atomic mass is 9.97. The summed E-state index contributed by atoms with van der Waals surface area (Å²) in [6, 6.07) is 5.77. The lowest BCUT2D eigenvalue weighted by Gasteiger charge is -2.31. The molecule has 2 amide bonds. The maximum atomic E-state index is 13.1. The Morgan fingerprint density at radius 1 is 1.19 bits per heavy atom. The molecular formula is C22H28FN5O4. The number of benzene rings is 1. The van der Waals surface area contributed by atoms with Crippen LogP contribution in [0.5, 0.6) is 0 Å². The molecule has 0 spiro atoms. The first kappa shape index (κ1) is 22.1. The van der Waals surface area contributed by atoms with Gasteiger partial charge in [-0.05, 0) is 49.4 Å². The molecule has 0 radical (unpaired) electrons. The number of aromatic nitrogens is 2. The average Bonchev–Trinajstić information content (AvgIpc) is 3.44. The van der Waals surface area contributed by atoms with Gasteiger partial charge in [0.15, 0.2) is 5.82 Å². The van der Waals surface area contributed by atoms with Crippen molar-refractivity contribution in [3.05, 3.63) is 41.8 Å². The van der Waals surface area contributed by atoms with Crippen molar-refractivity contribution in [2.24, 2.45) is 17.6 Å². The first-order valence-corrected chi connectivity index (χ1v) is 10.9. The number of primary amides is 1. The number of nitrogens with two attached hydrogens (primary N) is 1. The number of anilines is 2. The Labute approximate surface area is 185 Å². The highest BCUT2D eigenvalue weighted by atomic mass is 19.1. The largest absolute Gasteiger partial charge is 0.449 e. The number of halogens is 1. The Morgan fingerprint density at radius 3 is 2.59 bits per heavy atom. The Kier molecular flexibility index (Phi) is 6.89. The number of likely N-dealkylation sites (tertiary alicyclic amines) is 1. The van der Waals surface area contributed by atoms with E-state index in [1.807, 2.05) is 0 Å². The fraction of sp³-hybridized carbons (Fsp3) is 0.500. The number of carbonyl (C=O) groups is 2. The summed E-state index contributed by atoms with van der Waals surface area (Å²) in [4.78, 5) is 25.9. The minimum Gasteiger partial charge on any atom is -0.449 e. The number of piperidine rings is 1. The molecule has 2 aromatic rings. The summed E-state index contributed by atoms with van der Waals surface area (Å²) in [5.41, 5.74) is 6.38. The van der Waals surface area contributed by atoms with Gasteiger partial charge in [0.05, 0.1) is 13.2 Å². The van der Waals surface area contributed by atoms with Crippen LogP contribution < -0.4 is 11.1 Å². The molecule has 2 fully saturated rings. The number of rotatable bonds is 7. The van der Waals surface area contributed by atoms with E-state index in [1.165, 1.54) is 12.1 Å². The Bertz CT molecular complexity index is 934. The summed E-state index contributed by atoms with van der Waals surface area (Å²) >= 11 is 0. The van der Waals surface area contributed by atoms with Gasteiger partial charge in [0.25, 0.3) is 5.91 Å². The molecule has 0 bridgehead atoms. The molecule has 9 nitrogen and oxygen atoms in total. The van der Waals surface area contributed by atoms with Crippen LogP contribution in [-0.4, -0.2) is 59.6 Å². The summed E-state index contributed by atoms with van der Waals surface area (Å²) in [5, 5.41) is 7.48. The molecule has 3 heterocycles. The van der Waals surface area contributed by atoms with E-state index in [9.17, 15) is 14.0 Å². The van der Waals surface area contributed by atoms with Gasteiger partial charge in [-0.15, -0.1) is 0 Å². The first-order valence-electron chi connectivity index (χ1n) is 10.9. The van der Waals surface area contributed by atoms with Crippen molar-refractivity contribution in [1.29, 1.82) is 0 Å². The molecule has 3 N–H and O–H groups in total. The lowest BCUT2D eigenvalue weighted by molar-refractivity contribution is 0.0704. The smallest absolute Gasteiger partial charge is 0.409 e. The molecule has 2 aliphatic rings. The highest BCUT2D eigenvalue weighted by Gasteiger charge is 2.26. The fourth-order valence-electron chi connectivity index (χ4n) is 4.02. The van der Waals surface area contributed by atoms with Crippen LogP contribution in [0, 0.1) is 17.7 Å². The average molecular weight is 445 g/mol. The van der Waals surface area contributed by atoms with E-state index in [2.05, 4.69) is 10.4 Å². The predicted octanol–water partition coefficient (Wildman–Crippen LogP) is 2.75. The van der Waals surface area contributed by atoms with Gasteiger partial charge in [0, 0.05) is 44.0 Å². The van der Waals surface area contributed by atoms with Gasteiger partial charge in [0.1, 0.15) is 11.4 Å². The van der Waals surface area contributed by atoms with Crippen LogP contribution in [0.25, 0.3) is 0 Å². The second-order valence-electron chi connectivity index (χ2n) is 8.35. The van der Waals surface area contributed by atoms with Gasteiger partial charge < -0.3 is 25.4 Å². The third-order valence-corrected chi connectivity index (χ3v) is 5.92. The molecule has 1 aromatic carbocycles. The number of nitrogens with zero attached hydrogens (tertiary/aromatic N) is 3. The number of hydrogen-bond donors (Lipinski definition) is 2. The van der Waals surface area contributed by atoms with E-state index >= 15 is 0 Å². The molecule has 1 atom stereocenters. The SMILES string of the molecule is NC(=O)c1cn(CC2CCN(C(=O)OCC3CCOC3)CC2)nc1Nc1ccc(F)cc1. The summed E-state index contributed by atoms with van der Waals surface area (Å²) in [7, 11) is 0. The van der Waals surface area contributed by atoms with Gasteiger partial charge in [-0.3, -0.25) is 9.48 Å². The monoisotopic (exact) mass is 445 g/mol. The van der Waals surface area contributed by atoms with Gasteiger partial charge in [-0.25, -0.2) is 9.18 Å². The predicted molar refractivity (Wildman–Crippen MR) is 115 cm³/mol. The minimum absolute atomic E-state index is 0.267. The van der Waals surface area contributed by atoms with E-state index in [4.69, 9.17) is 15.2 Å². The number of amides is 2. The van der Waals surface area contributed by atoms with Crippen LogP contribution in [0.4, 0.5) is 20.7 Å². The molecule has 2 saturated heterocycles. The van der Waals surface area contributed by atoms with Crippen LogP contribution in [0.1, 0.15) is 29.6 Å². The topological polar surface area (TPSA) is 112 Å². The van der Waals surface area contributed by atoms with E-state index in [1.54, 1.807) is 27.9 Å². The van der Waals surface area contributed by atoms with Crippen molar-refractivity contribution in [1.82, 2.24) is 14.7 Å². The van der Waals surface area contributed by atoms with Crippen molar-refractivity contribution in [2.45, 2.75) is 25.8 Å². The molecule has 32 heavy (non-hydrogen) atoms. The van der Waals surface area contributed by atoms with Crippen molar-refractivity contribution in [3.63, 3.8) is 0 Å². The van der Waals surface area contributed by atoms with Gasteiger partial charge in [-0.2, -0.15) is 5.10 Å². The van der Waals surface area contributed by atoms with Crippen molar-refractivity contribution in [2.75, 3.05) is 38.2 Å². The standard InChI is InChI=1S/C22H28FN5O4/c23-17-1-3-18(4-2-17)25-21-19(20(24)29)12-28(26-21)11-15-5-8-27(9-6-15)22(30)32-14-16-7-10-31-13-16/h1-4,12,15-16H,5-11,13-14H2,(H2,24,29)(H,25,26). The number of nitrogens with one attached hydrogen (secondary N) is 1. The van der Waals surface area contributed by atoms with Crippen LogP contribution in [0.3, 0.4) is 0 Å². The zero-order valence-corrected chi connectivity index (χ0v) is 17.8. The highest BCUT2D eigenvalue weighted by Crippen LogP contribution is 2.23. The van der Waals surface area contributed by atoms with Gasteiger partial charge in [-0.1, -0.05) is 0 Å². The Balaban J connectivity index is 1.30. The van der Waals surface area contributed by atoms with Crippen LogP contribution >= 0.6 is 0 Å². The molecule has 0 aliphatic carbocycles. The Hall–Kier alpha value is -3.14. The second-order valence-corrected chi connectivity index (χ2v) is 8.35. The van der Waals surface area contributed by atoms with Crippen LogP contribution in [0.15, 0.2) is 30.5 Å². The van der Waals surface area contributed by atoms with Crippen molar-refractivity contribution in [3.8, 4) is 0 Å². The van der Waals surface area contributed by atoms with Crippen molar-refractivity contribution >= 4 is 23.5 Å². The molecule has 2 aliphatic heterocycles. The molecule has 10 heteroatoms. The second kappa shape index (κ2) is 9.99. The lowest BCUT2D eigenvalue weighted by Crippen LogP contribution is -2.40. The number of ether oxygens (including phenoxy) is 2. The highest BCUT2D eigenvalue weighted by molar-refractivity contribution is 5.98. The van der Waals surface area contributed by atoms with E-state index < -0.39 is 5.91 Å². The quantitative estimate of drug-likeness (QED) is 0.678. The van der Waals surface area contributed by atoms with E-state index in [0.29, 0.717) is 56.2 Å². The maximum absolute atomic E-state index is 13.1. The van der Waals surface area contributed by atoms with E-state index in [-0.39, 0.29) is 17.5 Å². The van der Waals surface area contributed by atoms with E-state index in [0.717, 1.165) is 25.9 Å². The summed E-state index contributed by atoms with van der Waals surface area (Å²) < 4.78 is 25.6. The maximum Gasteiger partial charge on any atom is 0.409 e. The normalized spacial score (nSPS) is 19.2. The van der Waals surface area contributed by atoms with Crippen LogP contribution in [0.2, 0.25) is 0 Å². The zero-order valence-electron chi connectivity index (χ0n) is 17.8. The third-order valence-electron chi connectivity index (χ3n) is 5.92. The number of carbonyl (C=O) groups excluding carboxylic acids is 2. The minimum atomic E-state index is -0.592. The molecule has 1 unspecified atom stereocenters. The molecule has 4 rings (SSSR count). The number of hydrogen-bond acceptors (Lipinski definition) is 6. The van der Waals surface area contributed by atoms with Gasteiger partial charge >= 0.3 is 6.09 Å². The Morgan fingerprint density at radius 2 is 1.94 bits per heavy atom. The zero-order chi connectivity index (χ0) is 22.5. The third kappa shape index (κ3) is 5.56. The van der Waals surface area contributed by atoms with Gasteiger partial charge in [0.2, 0.25) is 0 Å². The first-order chi connectivity index (χ1) is 15.5. The van der Waals surface area contributed by atoms with Crippen LogP contribution in [-0.2, 0) is 16.0 Å².